The van der Waals surface area contributed by atoms with E-state index in [9.17, 15) is 0 Å². The number of nitrogens with one attached hydrogen (secondary N) is 1. The van der Waals surface area contributed by atoms with Crippen molar-refractivity contribution >= 4 is 0 Å². The molecule has 0 bridgehead atoms. The van der Waals surface area contributed by atoms with E-state index in [0.717, 1.165) is 31.7 Å². The van der Waals surface area contributed by atoms with Gasteiger partial charge in [-0.15, -0.1) is 0 Å². The molecule has 2 aromatic rings. The Morgan fingerprint density at radius 3 is 2.89 bits per heavy atom. The van der Waals surface area contributed by atoms with Crippen molar-refractivity contribution in [1.29, 1.82) is 0 Å². The van der Waals surface area contributed by atoms with Crippen molar-refractivity contribution in [2.45, 2.75) is 19.4 Å². The number of aryl methyl sites for hydroxylation is 2. The van der Waals surface area contributed by atoms with Gasteiger partial charge < -0.3 is 10.1 Å². The Morgan fingerprint density at radius 1 is 1.32 bits per heavy atom. The summed E-state index contributed by atoms with van der Waals surface area (Å²) in [5, 5.41) is 7.61. The van der Waals surface area contributed by atoms with Crippen LogP contribution in [0.4, 0.5) is 0 Å². The van der Waals surface area contributed by atoms with E-state index in [0.29, 0.717) is 0 Å². The van der Waals surface area contributed by atoms with Crippen LogP contribution >= 0.6 is 0 Å². The maximum atomic E-state index is 5.32. The van der Waals surface area contributed by atoms with Crippen LogP contribution in [0.3, 0.4) is 0 Å². The molecule has 0 atom stereocenters. The summed E-state index contributed by atoms with van der Waals surface area (Å²) in [6.45, 7) is 1.84. The van der Waals surface area contributed by atoms with Crippen LogP contribution in [0.15, 0.2) is 36.7 Å². The van der Waals surface area contributed by atoms with Crippen LogP contribution in [0.25, 0.3) is 0 Å². The molecular formula is C15H21N3O. The number of aromatic nitrogens is 2. The number of rotatable bonds is 7. The van der Waals surface area contributed by atoms with Gasteiger partial charge in [0, 0.05) is 25.4 Å². The normalized spacial score (nSPS) is 10.6. The third kappa shape index (κ3) is 4.10. The Labute approximate surface area is 114 Å². The van der Waals surface area contributed by atoms with Crippen molar-refractivity contribution in [3.05, 3.63) is 47.8 Å². The molecule has 4 heteroatoms. The fourth-order valence-electron chi connectivity index (χ4n) is 2.09. The first kappa shape index (κ1) is 13.6. The topological polar surface area (TPSA) is 39.1 Å². The first-order chi connectivity index (χ1) is 9.29. The highest BCUT2D eigenvalue weighted by atomic mass is 16.5. The second-order valence-electron chi connectivity index (χ2n) is 4.61. The molecule has 0 fully saturated rings. The summed E-state index contributed by atoms with van der Waals surface area (Å²) in [7, 11) is 3.66. The Bertz CT molecular complexity index is 508. The van der Waals surface area contributed by atoms with Gasteiger partial charge in [0.05, 0.1) is 13.3 Å². The zero-order valence-electron chi connectivity index (χ0n) is 11.6. The second-order valence-corrected chi connectivity index (χ2v) is 4.61. The fourth-order valence-corrected chi connectivity index (χ4v) is 2.09. The molecule has 1 heterocycles. The van der Waals surface area contributed by atoms with Crippen molar-refractivity contribution in [3.63, 3.8) is 0 Å². The fraction of sp³-hybridized carbons (Fsp3) is 0.400. The lowest BCUT2D eigenvalue weighted by Crippen LogP contribution is -2.15. The third-order valence-electron chi connectivity index (χ3n) is 3.09. The van der Waals surface area contributed by atoms with E-state index in [2.05, 4.69) is 22.7 Å². The van der Waals surface area contributed by atoms with Gasteiger partial charge in [0.15, 0.2) is 0 Å². The Morgan fingerprint density at radius 2 is 2.16 bits per heavy atom. The van der Waals surface area contributed by atoms with Crippen LogP contribution in [0.2, 0.25) is 0 Å². The van der Waals surface area contributed by atoms with Crippen molar-refractivity contribution in [3.8, 4) is 5.75 Å². The summed E-state index contributed by atoms with van der Waals surface area (Å²) in [5.74, 6) is 0.947. The number of nitrogens with zero attached hydrogens (tertiary/aromatic N) is 2. The maximum absolute atomic E-state index is 5.32. The molecule has 0 aliphatic rings. The van der Waals surface area contributed by atoms with Crippen molar-refractivity contribution < 1.29 is 4.74 Å². The van der Waals surface area contributed by atoms with E-state index in [1.165, 1.54) is 11.1 Å². The molecule has 1 aromatic carbocycles. The minimum Gasteiger partial charge on any atom is -0.496 e. The van der Waals surface area contributed by atoms with E-state index >= 15 is 0 Å². The number of ether oxygens (including phenoxy) is 1. The average molecular weight is 259 g/mol. The summed E-state index contributed by atoms with van der Waals surface area (Å²) in [6, 6.07) is 8.11. The highest BCUT2D eigenvalue weighted by Gasteiger charge is 2.01. The smallest absolute Gasteiger partial charge is 0.123 e. The lowest BCUT2D eigenvalue weighted by molar-refractivity contribution is 0.407. The van der Waals surface area contributed by atoms with Gasteiger partial charge in [-0.2, -0.15) is 5.10 Å². The minimum atomic E-state index is 0.844. The molecule has 19 heavy (non-hydrogen) atoms. The lowest BCUT2D eigenvalue weighted by atomic mass is 10.2. The highest BCUT2D eigenvalue weighted by molar-refractivity contribution is 5.32. The van der Waals surface area contributed by atoms with Gasteiger partial charge in [-0.1, -0.05) is 18.2 Å². The van der Waals surface area contributed by atoms with Crippen molar-refractivity contribution in [2.75, 3.05) is 13.7 Å². The van der Waals surface area contributed by atoms with E-state index in [1.54, 1.807) is 7.11 Å². The van der Waals surface area contributed by atoms with Crippen LogP contribution in [0.5, 0.6) is 5.75 Å². The quantitative estimate of drug-likeness (QED) is 0.774. The molecule has 0 unspecified atom stereocenters. The van der Waals surface area contributed by atoms with E-state index in [-0.39, 0.29) is 0 Å². The molecule has 0 aliphatic heterocycles. The van der Waals surface area contributed by atoms with Crippen LogP contribution in [0, 0.1) is 0 Å². The molecule has 102 valence electrons. The zero-order valence-corrected chi connectivity index (χ0v) is 11.6. The summed E-state index contributed by atoms with van der Waals surface area (Å²) in [4.78, 5) is 0. The predicted octanol–water partition coefficient (Wildman–Crippen LogP) is 2.15. The molecule has 1 aromatic heterocycles. The maximum Gasteiger partial charge on any atom is 0.123 e. The monoisotopic (exact) mass is 259 g/mol. The molecule has 0 aliphatic carbocycles. The number of hydrogen-bond acceptors (Lipinski definition) is 3. The minimum absolute atomic E-state index is 0.844. The van der Waals surface area contributed by atoms with E-state index < -0.39 is 0 Å². The van der Waals surface area contributed by atoms with E-state index in [4.69, 9.17) is 4.74 Å². The number of hydrogen-bond donors (Lipinski definition) is 1. The van der Waals surface area contributed by atoms with Gasteiger partial charge in [-0.25, -0.2) is 0 Å². The number of methoxy groups -OCH3 is 1. The molecule has 4 nitrogen and oxygen atoms in total. The standard InChI is InChI=1S/C15H21N3O/c1-18-12-13(10-17-18)6-5-9-16-11-14-7-3-4-8-15(14)19-2/h3-4,7-8,10,12,16H,5-6,9,11H2,1-2H3. The molecule has 0 spiro atoms. The summed E-state index contributed by atoms with van der Waals surface area (Å²) >= 11 is 0. The Balaban J connectivity index is 1.69. The van der Waals surface area contributed by atoms with Gasteiger partial charge in [0.25, 0.3) is 0 Å². The molecule has 0 saturated heterocycles. The molecule has 0 amide bonds. The SMILES string of the molecule is COc1ccccc1CNCCCc1cnn(C)c1. The summed E-state index contributed by atoms with van der Waals surface area (Å²) in [6.07, 6.45) is 6.17. The van der Waals surface area contributed by atoms with Crippen LogP contribution in [-0.2, 0) is 20.0 Å². The number of para-hydroxylation sites is 1. The second kappa shape index (κ2) is 6.95. The molecule has 0 saturated carbocycles. The Kier molecular flexibility index (Phi) is 4.98. The van der Waals surface area contributed by atoms with Gasteiger partial charge in [0.2, 0.25) is 0 Å². The first-order valence-electron chi connectivity index (χ1n) is 6.59. The van der Waals surface area contributed by atoms with Crippen LogP contribution in [0.1, 0.15) is 17.5 Å². The van der Waals surface area contributed by atoms with Crippen LogP contribution < -0.4 is 10.1 Å². The van der Waals surface area contributed by atoms with Crippen molar-refractivity contribution in [2.24, 2.45) is 7.05 Å². The molecule has 0 radical (unpaired) electrons. The Hall–Kier alpha value is -1.81. The first-order valence-corrected chi connectivity index (χ1v) is 6.59. The molecule has 1 N–H and O–H groups in total. The molecular weight excluding hydrogens is 238 g/mol. The van der Waals surface area contributed by atoms with Crippen LogP contribution in [-0.4, -0.2) is 23.4 Å². The van der Waals surface area contributed by atoms with Gasteiger partial charge in [-0.3, -0.25) is 4.68 Å². The largest absolute Gasteiger partial charge is 0.496 e. The summed E-state index contributed by atoms with van der Waals surface area (Å²) < 4.78 is 7.17. The predicted molar refractivity (Wildman–Crippen MR) is 76.2 cm³/mol. The average Bonchev–Trinajstić information content (AvgIpc) is 2.84. The zero-order chi connectivity index (χ0) is 13.5. The molecule has 2 rings (SSSR count). The van der Waals surface area contributed by atoms with Gasteiger partial charge in [-0.05, 0) is 31.0 Å². The lowest BCUT2D eigenvalue weighted by Gasteiger charge is -2.09. The van der Waals surface area contributed by atoms with E-state index in [1.807, 2.05) is 36.1 Å². The highest BCUT2D eigenvalue weighted by Crippen LogP contribution is 2.16. The number of benzene rings is 1. The van der Waals surface area contributed by atoms with Gasteiger partial charge >= 0.3 is 0 Å². The van der Waals surface area contributed by atoms with Crippen molar-refractivity contribution in [1.82, 2.24) is 15.1 Å². The summed E-state index contributed by atoms with van der Waals surface area (Å²) in [5.41, 5.74) is 2.49. The third-order valence-corrected chi connectivity index (χ3v) is 3.09. The van der Waals surface area contributed by atoms with Gasteiger partial charge in [0.1, 0.15) is 5.75 Å².